The summed E-state index contributed by atoms with van der Waals surface area (Å²) in [5, 5.41) is 12.3. The molecule has 0 radical (unpaired) electrons. The van der Waals surface area contributed by atoms with Gasteiger partial charge in [-0.2, -0.15) is 0 Å². The molecule has 106 valence electrons. The molecule has 1 fully saturated rings. The van der Waals surface area contributed by atoms with Crippen molar-refractivity contribution in [2.24, 2.45) is 5.73 Å². The van der Waals surface area contributed by atoms with Crippen molar-refractivity contribution in [3.8, 4) is 5.75 Å². The Labute approximate surface area is 118 Å². The number of rotatable bonds is 3. The molecule has 3 atom stereocenters. The lowest BCUT2D eigenvalue weighted by atomic mass is 9.89. The molecule has 0 aromatic heterocycles. The standard InChI is InChI=1S/C15H19N3O2/c16-14(10-4-6-11(19)7-5-10)15(20)17-12-9-18-8-2-1-3-13(12)18/h2,4-8,12-14,19H,1,3,9,16H2,(H,17,20)/t12?,13?,14-/m1/s1. The molecule has 4 N–H and O–H groups in total. The van der Waals surface area contributed by atoms with Gasteiger partial charge in [0.1, 0.15) is 11.8 Å². The highest BCUT2D eigenvalue weighted by molar-refractivity contribution is 5.83. The summed E-state index contributed by atoms with van der Waals surface area (Å²) in [4.78, 5) is 14.4. The first-order valence-corrected chi connectivity index (χ1v) is 6.92. The number of aromatic hydroxyl groups is 1. The topological polar surface area (TPSA) is 78.6 Å². The number of benzene rings is 1. The lowest BCUT2D eigenvalue weighted by Gasteiger charge is -2.50. The van der Waals surface area contributed by atoms with Crippen LogP contribution in [0.25, 0.3) is 0 Å². The summed E-state index contributed by atoms with van der Waals surface area (Å²) in [6, 6.07) is 6.35. The van der Waals surface area contributed by atoms with E-state index >= 15 is 0 Å². The summed E-state index contributed by atoms with van der Waals surface area (Å²) in [5.41, 5.74) is 6.67. The van der Waals surface area contributed by atoms with Crippen molar-refractivity contribution >= 4 is 5.91 Å². The summed E-state index contributed by atoms with van der Waals surface area (Å²) in [6.07, 6.45) is 6.42. The van der Waals surface area contributed by atoms with E-state index in [1.807, 2.05) is 0 Å². The van der Waals surface area contributed by atoms with Crippen LogP contribution in [0.5, 0.6) is 5.75 Å². The fourth-order valence-corrected chi connectivity index (χ4v) is 2.84. The highest BCUT2D eigenvalue weighted by Crippen LogP contribution is 2.27. The number of amides is 1. The van der Waals surface area contributed by atoms with E-state index in [1.165, 1.54) is 0 Å². The number of phenols is 1. The SMILES string of the molecule is N[C@@H](C(=O)NC1CN2C=CCCC12)c1ccc(O)cc1. The molecule has 0 aliphatic carbocycles. The number of hydrogen-bond acceptors (Lipinski definition) is 4. The molecule has 3 rings (SSSR count). The minimum absolute atomic E-state index is 0.158. The van der Waals surface area contributed by atoms with Gasteiger partial charge in [0.05, 0.1) is 12.1 Å². The zero-order valence-electron chi connectivity index (χ0n) is 11.2. The van der Waals surface area contributed by atoms with Crippen LogP contribution in [0.3, 0.4) is 0 Å². The molecule has 5 nitrogen and oxygen atoms in total. The van der Waals surface area contributed by atoms with E-state index in [1.54, 1.807) is 24.3 Å². The van der Waals surface area contributed by atoms with E-state index in [0.717, 1.165) is 19.4 Å². The fraction of sp³-hybridized carbons (Fsp3) is 0.400. The molecule has 2 aliphatic heterocycles. The number of fused-ring (bicyclic) bond motifs is 1. The van der Waals surface area contributed by atoms with Gasteiger partial charge in [-0.25, -0.2) is 0 Å². The molecule has 0 saturated carbocycles. The number of allylic oxidation sites excluding steroid dienone is 1. The van der Waals surface area contributed by atoms with E-state index in [9.17, 15) is 9.90 Å². The van der Waals surface area contributed by atoms with Crippen molar-refractivity contribution in [2.45, 2.75) is 31.0 Å². The number of hydrogen-bond donors (Lipinski definition) is 3. The Bertz CT molecular complexity index is 526. The molecule has 1 amide bonds. The molecule has 1 aromatic rings. The number of nitrogens with zero attached hydrogens (tertiary/aromatic N) is 1. The van der Waals surface area contributed by atoms with Crippen LogP contribution in [-0.2, 0) is 4.79 Å². The van der Waals surface area contributed by atoms with Crippen LogP contribution < -0.4 is 11.1 Å². The van der Waals surface area contributed by atoms with Gasteiger partial charge in [0.25, 0.3) is 0 Å². The van der Waals surface area contributed by atoms with E-state index in [0.29, 0.717) is 11.6 Å². The minimum Gasteiger partial charge on any atom is -0.508 e. The Morgan fingerprint density at radius 3 is 2.85 bits per heavy atom. The predicted octanol–water partition coefficient (Wildman–Crippen LogP) is 0.868. The van der Waals surface area contributed by atoms with Crippen LogP contribution in [0.1, 0.15) is 24.4 Å². The van der Waals surface area contributed by atoms with Crippen LogP contribution in [0.2, 0.25) is 0 Å². The van der Waals surface area contributed by atoms with Gasteiger partial charge < -0.3 is 21.1 Å². The van der Waals surface area contributed by atoms with Gasteiger partial charge >= 0.3 is 0 Å². The largest absolute Gasteiger partial charge is 0.508 e. The Morgan fingerprint density at radius 1 is 1.40 bits per heavy atom. The van der Waals surface area contributed by atoms with Gasteiger partial charge in [-0.1, -0.05) is 18.2 Å². The first-order chi connectivity index (χ1) is 9.65. The maximum atomic E-state index is 12.2. The summed E-state index contributed by atoms with van der Waals surface area (Å²) in [6.45, 7) is 0.856. The van der Waals surface area contributed by atoms with E-state index in [-0.39, 0.29) is 17.7 Å². The molecule has 5 heteroatoms. The van der Waals surface area contributed by atoms with Crippen molar-refractivity contribution in [2.75, 3.05) is 6.54 Å². The van der Waals surface area contributed by atoms with Crippen molar-refractivity contribution in [3.05, 3.63) is 42.1 Å². The number of carbonyl (C=O) groups excluding carboxylic acids is 1. The van der Waals surface area contributed by atoms with Crippen LogP contribution in [0, 0.1) is 0 Å². The maximum Gasteiger partial charge on any atom is 0.241 e. The van der Waals surface area contributed by atoms with Gasteiger partial charge in [0, 0.05) is 6.54 Å². The van der Waals surface area contributed by atoms with Gasteiger partial charge in [0.2, 0.25) is 5.91 Å². The van der Waals surface area contributed by atoms with Crippen molar-refractivity contribution in [1.29, 1.82) is 0 Å². The predicted molar refractivity (Wildman–Crippen MR) is 75.8 cm³/mol. The Morgan fingerprint density at radius 2 is 2.15 bits per heavy atom. The van der Waals surface area contributed by atoms with E-state index in [2.05, 4.69) is 22.5 Å². The third-order valence-electron chi connectivity index (χ3n) is 4.09. The third-order valence-corrected chi connectivity index (χ3v) is 4.09. The highest BCUT2D eigenvalue weighted by atomic mass is 16.3. The molecule has 0 spiro atoms. The Hall–Kier alpha value is -2.01. The Balaban J connectivity index is 1.59. The average molecular weight is 273 g/mol. The molecule has 1 aromatic carbocycles. The van der Waals surface area contributed by atoms with Crippen molar-refractivity contribution in [1.82, 2.24) is 10.2 Å². The molecule has 20 heavy (non-hydrogen) atoms. The lowest BCUT2D eigenvalue weighted by Crippen LogP contribution is -2.65. The summed E-state index contributed by atoms with van der Waals surface area (Å²) in [7, 11) is 0. The monoisotopic (exact) mass is 273 g/mol. The first kappa shape index (κ1) is 13.0. The summed E-state index contributed by atoms with van der Waals surface area (Å²) in [5.74, 6) is 0.0138. The van der Waals surface area contributed by atoms with Crippen molar-refractivity contribution < 1.29 is 9.90 Å². The van der Waals surface area contributed by atoms with Gasteiger partial charge in [-0.05, 0) is 36.7 Å². The normalized spacial score (nSPS) is 25.6. The smallest absolute Gasteiger partial charge is 0.241 e. The second-order valence-corrected chi connectivity index (χ2v) is 5.41. The van der Waals surface area contributed by atoms with Crippen LogP contribution >= 0.6 is 0 Å². The summed E-state index contributed by atoms with van der Waals surface area (Å²) >= 11 is 0. The zero-order chi connectivity index (χ0) is 14.1. The van der Waals surface area contributed by atoms with Crippen LogP contribution in [0.4, 0.5) is 0 Å². The first-order valence-electron chi connectivity index (χ1n) is 6.92. The molecule has 1 saturated heterocycles. The maximum absolute atomic E-state index is 12.2. The van der Waals surface area contributed by atoms with Gasteiger partial charge in [-0.3, -0.25) is 4.79 Å². The highest BCUT2D eigenvalue weighted by Gasteiger charge is 2.39. The summed E-state index contributed by atoms with van der Waals surface area (Å²) < 4.78 is 0. The van der Waals surface area contributed by atoms with E-state index in [4.69, 9.17) is 5.73 Å². The quantitative estimate of drug-likeness (QED) is 0.763. The molecule has 2 aliphatic rings. The molecule has 2 unspecified atom stereocenters. The Kier molecular flexibility index (Phi) is 3.36. The van der Waals surface area contributed by atoms with Crippen LogP contribution in [0.15, 0.2) is 36.5 Å². The lowest BCUT2D eigenvalue weighted by molar-refractivity contribution is -0.125. The zero-order valence-corrected chi connectivity index (χ0v) is 11.2. The number of phenolic OH excluding ortho intramolecular Hbond substituents is 1. The second-order valence-electron chi connectivity index (χ2n) is 5.41. The van der Waals surface area contributed by atoms with Crippen molar-refractivity contribution in [3.63, 3.8) is 0 Å². The van der Waals surface area contributed by atoms with Crippen LogP contribution in [-0.4, -0.2) is 34.5 Å². The number of nitrogens with one attached hydrogen (secondary N) is 1. The molecular formula is C15H19N3O2. The third kappa shape index (κ3) is 2.36. The number of carbonyl (C=O) groups is 1. The van der Waals surface area contributed by atoms with Gasteiger partial charge in [-0.15, -0.1) is 0 Å². The second kappa shape index (κ2) is 5.17. The van der Waals surface area contributed by atoms with Gasteiger partial charge in [0.15, 0.2) is 0 Å². The molecular weight excluding hydrogens is 254 g/mol. The van der Waals surface area contributed by atoms with E-state index < -0.39 is 6.04 Å². The number of nitrogens with two attached hydrogens (primary N) is 1. The molecule has 0 bridgehead atoms. The fourth-order valence-electron chi connectivity index (χ4n) is 2.84. The molecule has 2 heterocycles. The average Bonchev–Trinajstić information content (AvgIpc) is 2.44. The minimum atomic E-state index is -0.691.